The number of likely N-dealkylation sites (tertiary alicyclic amines) is 2. The van der Waals surface area contributed by atoms with E-state index in [1.807, 2.05) is 35.2 Å². The van der Waals surface area contributed by atoms with Crippen molar-refractivity contribution in [2.24, 2.45) is 23.7 Å². The third-order valence-corrected chi connectivity index (χ3v) is 7.29. The second-order valence-electron chi connectivity index (χ2n) is 8.99. The summed E-state index contributed by atoms with van der Waals surface area (Å²) in [6.07, 6.45) is 9.75. The average Bonchev–Trinajstić information content (AvgIpc) is 3.33. The van der Waals surface area contributed by atoms with Gasteiger partial charge in [0, 0.05) is 19.5 Å². The van der Waals surface area contributed by atoms with E-state index in [9.17, 15) is 14.4 Å². The van der Waals surface area contributed by atoms with Crippen LogP contribution in [0.2, 0.25) is 0 Å². The SMILES string of the molecule is O=C([C@@H](Cc1ccccc1)N1C(=O)[C@@H]2[C@@H](C1=O)[C@H]1C=C[C@@H]2C1)N1CCCCCC1. The lowest BCUT2D eigenvalue weighted by Gasteiger charge is -2.32. The standard InChI is InChI=1S/C24H28N2O3/c27-22(25-12-6-1-2-7-13-25)19(14-16-8-4-3-5-9-16)26-23(28)20-17-10-11-18(15-17)21(20)24(26)29/h3-5,8-11,17-21H,1-2,6-7,12-15H2/t17-,18+,19-,20+,21+/m1/s1. The Bertz CT molecular complexity index is 811. The van der Waals surface area contributed by atoms with Gasteiger partial charge in [0.25, 0.3) is 0 Å². The lowest BCUT2D eigenvalue weighted by molar-refractivity contribution is -0.152. The molecule has 0 spiro atoms. The first-order valence-corrected chi connectivity index (χ1v) is 11.0. The number of benzene rings is 1. The Hall–Kier alpha value is -2.43. The van der Waals surface area contributed by atoms with Crippen molar-refractivity contribution < 1.29 is 14.4 Å². The molecule has 0 unspecified atom stereocenters. The van der Waals surface area contributed by atoms with Gasteiger partial charge in [0.05, 0.1) is 11.8 Å². The highest BCUT2D eigenvalue weighted by molar-refractivity contribution is 6.09. The Morgan fingerprint density at radius 2 is 1.48 bits per heavy atom. The molecule has 1 aromatic rings. The summed E-state index contributed by atoms with van der Waals surface area (Å²) in [5.41, 5.74) is 0.986. The van der Waals surface area contributed by atoms with Gasteiger partial charge in [0.2, 0.25) is 17.7 Å². The van der Waals surface area contributed by atoms with Crippen LogP contribution in [0, 0.1) is 23.7 Å². The second kappa shape index (κ2) is 7.43. The molecule has 1 aromatic carbocycles. The Balaban J connectivity index is 1.46. The van der Waals surface area contributed by atoms with E-state index < -0.39 is 6.04 Å². The fraction of sp³-hybridized carbons (Fsp3) is 0.542. The second-order valence-corrected chi connectivity index (χ2v) is 8.99. The maximum Gasteiger partial charge on any atom is 0.246 e. The fourth-order valence-corrected chi connectivity index (χ4v) is 5.86. The zero-order chi connectivity index (χ0) is 20.0. The molecule has 5 atom stereocenters. The molecule has 5 rings (SSSR count). The number of fused-ring (bicyclic) bond motifs is 5. The number of carbonyl (C=O) groups excluding carboxylic acids is 3. The zero-order valence-electron chi connectivity index (χ0n) is 16.7. The normalized spacial score (nSPS) is 31.9. The van der Waals surface area contributed by atoms with Crippen LogP contribution in [0.25, 0.3) is 0 Å². The number of imide groups is 1. The number of allylic oxidation sites excluding steroid dienone is 2. The van der Waals surface area contributed by atoms with Crippen LogP contribution >= 0.6 is 0 Å². The predicted octanol–water partition coefficient (Wildman–Crippen LogP) is 2.81. The molecular weight excluding hydrogens is 364 g/mol. The van der Waals surface area contributed by atoms with E-state index in [1.165, 1.54) is 4.90 Å². The molecule has 2 saturated heterocycles. The van der Waals surface area contributed by atoms with Gasteiger partial charge in [-0.05, 0) is 36.7 Å². The van der Waals surface area contributed by atoms with Crippen LogP contribution in [-0.2, 0) is 20.8 Å². The Labute approximate surface area is 171 Å². The third kappa shape index (κ3) is 3.11. The molecule has 3 fully saturated rings. The van der Waals surface area contributed by atoms with Gasteiger partial charge < -0.3 is 4.90 Å². The molecule has 0 radical (unpaired) electrons. The first-order valence-electron chi connectivity index (χ1n) is 11.0. The maximum atomic E-state index is 13.6. The number of carbonyl (C=O) groups is 3. The minimum Gasteiger partial charge on any atom is -0.341 e. The van der Waals surface area contributed by atoms with Gasteiger partial charge in [0.1, 0.15) is 6.04 Å². The minimum atomic E-state index is -0.722. The molecule has 29 heavy (non-hydrogen) atoms. The van der Waals surface area contributed by atoms with Crippen molar-refractivity contribution in [3.8, 4) is 0 Å². The topological polar surface area (TPSA) is 57.7 Å². The fourth-order valence-electron chi connectivity index (χ4n) is 5.86. The van der Waals surface area contributed by atoms with Gasteiger partial charge in [-0.15, -0.1) is 0 Å². The summed E-state index contributed by atoms with van der Waals surface area (Å²) in [5.74, 6) is -0.491. The van der Waals surface area contributed by atoms with Gasteiger partial charge in [-0.25, -0.2) is 0 Å². The van der Waals surface area contributed by atoms with E-state index in [-0.39, 0.29) is 41.4 Å². The molecule has 2 bridgehead atoms. The summed E-state index contributed by atoms with van der Waals surface area (Å²) in [6, 6.07) is 9.04. The quantitative estimate of drug-likeness (QED) is 0.585. The number of nitrogens with zero attached hydrogens (tertiary/aromatic N) is 2. The first kappa shape index (κ1) is 18.6. The Morgan fingerprint density at radius 3 is 2.07 bits per heavy atom. The number of hydrogen-bond donors (Lipinski definition) is 0. The Morgan fingerprint density at radius 1 is 0.897 bits per heavy atom. The highest BCUT2D eigenvalue weighted by Crippen LogP contribution is 2.53. The lowest BCUT2D eigenvalue weighted by Crippen LogP contribution is -2.53. The number of amides is 3. The lowest BCUT2D eigenvalue weighted by atomic mass is 9.85. The molecule has 5 nitrogen and oxygen atoms in total. The molecule has 5 heteroatoms. The molecule has 1 saturated carbocycles. The van der Waals surface area contributed by atoms with Crippen LogP contribution in [0.15, 0.2) is 42.5 Å². The monoisotopic (exact) mass is 392 g/mol. The third-order valence-electron chi connectivity index (χ3n) is 7.29. The summed E-state index contributed by atoms with van der Waals surface area (Å²) in [5, 5.41) is 0. The van der Waals surface area contributed by atoms with Gasteiger partial charge in [-0.3, -0.25) is 19.3 Å². The van der Waals surface area contributed by atoms with Crippen LogP contribution in [0.3, 0.4) is 0 Å². The van der Waals surface area contributed by atoms with Crippen LogP contribution < -0.4 is 0 Å². The van der Waals surface area contributed by atoms with E-state index >= 15 is 0 Å². The molecule has 2 aliphatic carbocycles. The molecule has 3 amide bonds. The van der Waals surface area contributed by atoms with E-state index in [4.69, 9.17) is 0 Å². The molecule has 0 N–H and O–H groups in total. The smallest absolute Gasteiger partial charge is 0.246 e. The van der Waals surface area contributed by atoms with Gasteiger partial charge in [-0.2, -0.15) is 0 Å². The molecule has 2 heterocycles. The highest BCUT2D eigenvalue weighted by Gasteiger charge is 2.61. The van der Waals surface area contributed by atoms with E-state index in [2.05, 4.69) is 12.2 Å². The van der Waals surface area contributed by atoms with Crippen molar-refractivity contribution in [3.05, 3.63) is 48.0 Å². The van der Waals surface area contributed by atoms with Crippen molar-refractivity contribution >= 4 is 17.7 Å². The van der Waals surface area contributed by atoms with Gasteiger partial charge in [-0.1, -0.05) is 55.3 Å². The zero-order valence-corrected chi connectivity index (χ0v) is 16.7. The largest absolute Gasteiger partial charge is 0.341 e. The highest BCUT2D eigenvalue weighted by atomic mass is 16.2. The van der Waals surface area contributed by atoms with Crippen LogP contribution in [0.5, 0.6) is 0 Å². The van der Waals surface area contributed by atoms with Crippen molar-refractivity contribution in [1.82, 2.24) is 9.80 Å². The molecule has 4 aliphatic rings. The van der Waals surface area contributed by atoms with E-state index in [0.717, 1.165) is 50.8 Å². The maximum absolute atomic E-state index is 13.6. The molecule has 152 valence electrons. The summed E-state index contributed by atoms with van der Waals surface area (Å²) in [7, 11) is 0. The summed E-state index contributed by atoms with van der Waals surface area (Å²) in [4.78, 5) is 43.6. The van der Waals surface area contributed by atoms with Crippen LogP contribution in [0.4, 0.5) is 0 Å². The minimum absolute atomic E-state index is 0.0577. The van der Waals surface area contributed by atoms with Gasteiger partial charge >= 0.3 is 0 Å². The molecule has 0 aromatic heterocycles. The van der Waals surface area contributed by atoms with Crippen molar-refractivity contribution in [2.75, 3.05) is 13.1 Å². The molecular formula is C24H28N2O3. The summed E-state index contributed by atoms with van der Waals surface area (Å²) in [6.45, 7) is 1.44. The van der Waals surface area contributed by atoms with E-state index in [1.54, 1.807) is 0 Å². The van der Waals surface area contributed by atoms with Crippen molar-refractivity contribution in [2.45, 2.75) is 44.6 Å². The van der Waals surface area contributed by atoms with Crippen molar-refractivity contribution in [1.29, 1.82) is 0 Å². The number of hydrogen-bond acceptors (Lipinski definition) is 3. The Kier molecular flexibility index (Phi) is 4.76. The van der Waals surface area contributed by atoms with E-state index in [0.29, 0.717) is 6.42 Å². The first-order chi connectivity index (χ1) is 14.1. The summed E-state index contributed by atoms with van der Waals surface area (Å²) < 4.78 is 0. The van der Waals surface area contributed by atoms with Crippen LogP contribution in [-0.4, -0.2) is 46.7 Å². The summed E-state index contributed by atoms with van der Waals surface area (Å²) >= 11 is 0. The van der Waals surface area contributed by atoms with Crippen LogP contribution in [0.1, 0.15) is 37.7 Å². The van der Waals surface area contributed by atoms with Gasteiger partial charge in [0.15, 0.2) is 0 Å². The predicted molar refractivity (Wildman–Crippen MR) is 109 cm³/mol. The average molecular weight is 392 g/mol. The number of rotatable bonds is 4. The van der Waals surface area contributed by atoms with Crippen molar-refractivity contribution in [3.63, 3.8) is 0 Å². The molecule has 2 aliphatic heterocycles.